The molecule has 1 rings (SSSR count). The maximum atomic E-state index is 11.5. The first-order valence-electron chi connectivity index (χ1n) is 4.39. The van der Waals surface area contributed by atoms with Gasteiger partial charge < -0.3 is 9.47 Å². The second kappa shape index (κ2) is 4.88. The number of hydrogen-bond donors (Lipinski definition) is 1. The van der Waals surface area contributed by atoms with Crippen LogP contribution in [0.5, 0.6) is 0 Å². The summed E-state index contributed by atoms with van der Waals surface area (Å²) in [6.07, 6.45) is 0. The van der Waals surface area contributed by atoms with Crippen LogP contribution in [0.25, 0.3) is 0 Å². The van der Waals surface area contributed by atoms with Crippen molar-refractivity contribution in [2.24, 2.45) is 0 Å². The topological polar surface area (TPSA) is 84.9 Å². The van der Waals surface area contributed by atoms with Crippen molar-refractivity contribution in [3.8, 4) is 0 Å². The quantitative estimate of drug-likeness (QED) is 0.594. The Morgan fingerprint density at radius 2 is 2.27 bits per heavy atom. The number of carbonyl (C=O) groups excluding carboxylic acids is 1. The molecule has 0 bridgehead atoms. The molecule has 15 heavy (non-hydrogen) atoms. The van der Waals surface area contributed by atoms with Crippen molar-refractivity contribution >= 4 is 16.2 Å². The van der Waals surface area contributed by atoms with E-state index in [1.54, 1.807) is 0 Å². The van der Waals surface area contributed by atoms with E-state index in [2.05, 4.69) is 9.46 Å². The summed E-state index contributed by atoms with van der Waals surface area (Å²) in [5, 5.41) is 0. The van der Waals surface area contributed by atoms with Gasteiger partial charge in [0.2, 0.25) is 0 Å². The summed E-state index contributed by atoms with van der Waals surface area (Å²) >= 11 is 0. The molecule has 0 aromatic heterocycles. The summed E-state index contributed by atoms with van der Waals surface area (Å²) in [6, 6.07) is -0.902. The lowest BCUT2D eigenvalue weighted by atomic mass is 10.3. The molecule has 1 N–H and O–H groups in total. The van der Waals surface area contributed by atoms with Gasteiger partial charge in [0.15, 0.2) is 0 Å². The van der Waals surface area contributed by atoms with Crippen LogP contribution < -0.4 is 4.72 Å². The zero-order chi connectivity index (χ0) is 11.5. The highest BCUT2D eigenvalue weighted by Crippen LogP contribution is 2.12. The number of nitrogens with zero attached hydrogens (tertiary/aromatic N) is 1. The highest BCUT2D eigenvalue weighted by atomic mass is 32.2. The monoisotopic (exact) mass is 238 g/mol. The van der Waals surface area contributed by atoms with Gasteiger partial charge >= 0.3 is 5.97 Å². The van der Waals surface area contributed by atoms with Crippen LogP contribution in [-0.4, -0.2) is 58.7 Å². The Labute approximate surface area is 88.5 Å². The van der Waals surface area contributed by atoms with Crippen LogP contribution in [0.1, 0.15) is 0 Å². The average molecular weight is 238 g/mol. The standard InChI is InChI=1S/C7H14N2O5S/c1-8-15(11,12)9-3-4-14-5-6(9)7(10)13-2/h6,8H,3-5H2,1-2H3. The Balaban J connectivity index is 2.88. The van der Waals surface area contributed by atoms with Crippen LogP contribution in [0.4, 0.5) is 0 Å². The van der Waals surface area contributed by atoms with Gasteiger partial charge in [-0.15, -0.1) is 0 Å². The molecule has 1 atom stereocenters. The lowest BCUT2D eigenvalue weighted by Gasteiger charge is -2.31. The maximum Gasteiger partial charge on any atom is 0.326 e. The highest BCUT2D eigenvalue weighted by molar-refractivity contribution is 7.87. The molecule has 0 amide bonds. The summed E-state index contributed by atoms with van der Waals surface area (Å²) in [6.45, 7) is 0.435. The zero-order valence-electron chi connectivity index (χ0n) is 8.60. The summed E-state index contributed by atoms with van der Waals surface area (Å²) in [4.78, 5) is 11.3. The molecule has 1 fully saturated rings. The molecule has 0 spiro atoms. The molecular weight excluding hydrogens is 224 g/mol. The van der Waals surface area contributed by atoms with Gasteiger partial charge in [0.05, 0.1) is 20.3 Å². The normalized spacial score (nSPS) is 23.7. The van der Waals surface area contributed by atoms with E-state index in [1.807, 2.05) is 0 Å². The molecule has 0 aromatic carbocycles. The van der Waals surface area contributed by atoms with Gasteiger partial charge in [-0.1, -0.05) is 0 Å². The smallest absolute Gasteiger partial charge is 0.326 e. The zero-order valence-corrected chi connectivity index (χ0v) is 9.41. The molecule has 0 saturated carbocycles. The number of rotatable bonds is 3. The van der Waals surface area contributed by atoms with E-state index >= 15 is 0 Å². The fourth-order valence-electron chi connectivity index (χ4n) is 1.32. The van der Waals surface area contributed by atoms with Crippen LogP contribution in [0.3, 0.4) is 0 Å². The lowest BCUT2D eigenvalue weighted by molar-refractivity contribution is -0.149. The molecule has 1 unspecified atom stereocenters. The molecule has 88 valence electrons. The van der Waals surface area contributed by atoms with Crippen LogP contribution in [-0.2, 0) is 24.5 Å². The van der Waals surface area contributed by atoms with E-state index in [0.29, 0.717) is 0 Å². The van der Waals surface area contributed by atoms with Gasteiger partial charge in [0.1, 0.15) is 6.04 Å². The lowest BCUT2D eigenvalue weighted by Crippen LogP contribution is -2.55. The van der Waals surface area contributed by atoms with Gasteiger partial charge in [0, 0.05) is 13.6 Å². The van der Waals surface area contributed by atoms with Crippen LogP contribution >= 0.6 is 0 Å². The van der Waals surface area contributed by atoms with E-state index < -0.39 is 22.2 Å². The Morgan fingerprint density at radius 1 is 1.60 bits per heavy atom. The molecule has 0 aromatic rings. The van der Waals surface area contributed by atoms with Crippen LogP contribution in [0.2, 0.25) is 0 Å². The molecular formula is C7H14N2O5S. The fraction of sp³-hybridized carbons (Fsp3) is 0.857. The second-order valence-electron chi connectivity index (χ2n) is 2.93. The SMILES string of the molecule is CNS(=O)(=O)N1CCOCC1C(=O)OC. The van der Waals surface area contributed by atoms with E-state index in [4.69, 9.17) is 4.74 Å². The predicted molar refractivity (Wildman–Crippen MR) is 51.3 cm³/mol. The average Bonchev–Trinajstić information content (AvgIpc) is 2.28. The number of hydrogen-bond acceptors (Lipinski definition) is 5. The third kappa shape index (κ3) is 2.65. The summed E-state index contributed by atoms with van der Waals surface area (Å²) in [7, 11) is -1.12. The van der Waals surface area contributed by atoms with Gasteiger partial charge in [-0.25, -0.2) is 4.72 Å². The summed E-state index contributed by atoms with van der Waals surface area (Å²) < 4.78 is 35.8. The molecule has 1 saturated heterocycles. The van der Waals surface area contributed by atoms with Gasteiger partial charge in [-0.2, -0.15) is 12.7 Å². The van der Waals surface area contributed by atoms with Crippen molar-refractivity contribution in [1.82, 2.24) is 9.03 Å². The van der Waals surface area contributed by atoms with E-state index in [9.17, 15) is 13.2 Å². The van der Waals surface area contributed by atoms with Gasteiger partial charge in [-0.05, 0) is 0 Å². The third-order valence-electron chi connectivity index (χ3n) is 2.12. The second-order valence-corrected chi connectivity index (χ2v) is 4.76. The van der Waals surface area contributed by atoms with Crippen molar-refractivity contribution in [3.05, 3.63) is 0 Å². The highest BCUT2D eigenvalue weighted by Gasteiger charge is 2.37. The van der Waals surface area contributed by atoms with Crippen molar-refractivity contribution in [1.29, 1.82) is 0 Å². The van der Waals surface area contributed by atoms with Crippen molar-refractivity contribution in [2.75, 3.05) is 33.9 Å². The molecule has 1 heterocycles. The van der Waals surface area contributed by atoms with Crippen molar-refractivity contribution in [2.45, 2.75) is 6.04 Å². The summed E-state index contributed by atoms with van der Waals surface area (Å²) in [5.41, 5.74) is 0. The number of methoxy groups -OCH3 is 1. The van der Waals surface area contributed by atoms with Crippen LogP contribution in [0, 0.1) is 0 Å². The van der Waals surface area contributed by atoms with Crippen LogP contribution in [0.15, 0.2) is 0 Å². The Kier molecular flexibility index (Phi) is 4.03. The number of morpholine rings is 1. The number of nitrogens with one attached hydrogen (secondary N) is 1. The van der Waals surface area contributed by atoms with Gasteiger partial charge in [0.25, 0.3) is 10.2 Å². The Hall–Kier alpha value is -0.700. The molecule has 1 aliphatic heterocycles. The molecule has 1 aliphatic rings. The summed E-state index contributed by atoms with van der Waals surface area (Å²) in [5.74, 6) is -0.617. The molecule has 7 nitrogen and oxygen atoms in total. The Morgan fingerprint density at radius 3 is 2.80 bits per heavy atom. The van der Waals surface area contributed by atoms with E-state index in [1.165, 1.54) is 14.2 Å². The van der Waals surface area contributed by atoms with Crippen molar-refractivity contribution in [3.63, 3.8) is 0 Å². The predicted octanol–water partition coefficient (Wildman–Crippen LogP) is -1.68. The minimum absolute atomic E-state index is 0.0214. The minimum Gasteiger partial charge on any atom is -0.468 e. The number of ether oxygens (including phenoxy) is 2. The number of carbonyl (C=O) groups is 1. The first kappa shape index (κ1) is 12.4. The molecule has 8 heteroatoms. The first-order valence-corrected chi connectivity index (χ1v) is 5.83. The van der Waals surface area contributed by atoms with E-state index in [0.717, 1.165) is 4.31 Å². The minimum atomic E-state index is -3.62. The number of esters is 1. The molecule has 0 aliphatic carbocycles. The van der Waals surface area contributed by atoms with E-state index in [-0.39, 0.29) is 19.8 Å². The largest absolute Gasteiger partial charge is 0.468 e. The van der Waals surface area contributed by atoms with Gasteiger partial charge in [-0.3, -0.25) is 4.79 Å². The fourth-order valence-corrected chi connectivity index (χ4v) is 2.35. The third-order valence-corrected chi connectivity index (χ3v) is 3.69. The Bertz CT molecular complexity index is 328. The molecule has 0 radical (unpaired) electrons. The maximum absolute atomic E-state index is 11.5. The van der Waals surface area contributed by atoms with Crippen molar-refractivity contribution < 1.29 is 22.7 Å². The first-order chi connectivity index (χ1) is 7.03.